The molecule has 2 heterocycles. The molecular formula is C18H30N6O2S. The van der Waals surface area contributed by atoms with E-state index in [0.717, 1.165) is 47.0 Å². The zero-order valence-corrected chi connectivity index (χ0v) is 17.3. The van der Waals surface area contributed by atoms with Crippen molar-refractivity contribution < 1.29 is 9.53 Å². The third-order valence-corrected chi connectivity index (χ3v) is 4.97. The highest BCUT2D eigenvalue weighted by atomic mass is 32.2. The first kappa shape index (κ1) is 21.4. The first-order valence-corrected chi connectivity index (χ1v) is 10.5. The number of nitrogens with zero attached hydrogens (tertiary/aromatic N) is 4. The van der Waals surface area contributed by atoms with Crippen molar-refractivity contribution in [2.45, 2.75) is 51.2 Å². The summed E-state index contributed by atoms with van der Waals surface area (Å²) >= 11 is 1.63. The average Bonchev–Trinajstić information content (AvgIpc) is 3.08. The summed E-state index contributed by atoms with van der Waals surface area (Å²) in [6, 6.07) is 0. The van der Waals surface area contributed by atoms with Crippen LogP contribution < -0.4 is 10.6 Å². The number of fused-ring (bicyclic) bond motifs is 1. The van der Waals surface area contributed by atoms with Crippen LogP contribution in [-0.2, 0) is 16.1 Å². The molecule has 0 saturated heterocycles. The van der Waals surface area contributed by atoms with Gasteiger partial charge in [-0.25, -0.2) is 14.6 Å². The van der Waals surface area contributed by atoms with Gasteiger partial charge in [0.1, 0.15) is 5.82 Å². The van der Waals surface area contributed by atoms with Crippen LogP contribution in [0.1, 0.15) is 39.5 Å². The molecule has 2 aromatic rings. The first-order chi connectivity index (χ1) is 13.2. The van der Waals surface area contributed by atoms with E-state index in [1.54, 1.807) is 25.1 Å². The lowest BCUT2D eigenvalue weighted by Gasteiger charge is -2.09. The number of thioether (sulfide) groups is 1. The molecule has 2 aromatic heterocycles. The van der Waals surface area contributed by atoms with Gasteiger partial charge >= 0.3 is 0 Å². The molecule has 0 bridgehead atoms. The summed E-state index contributed by atoms with van der Waals surface area (Å²) in [7, 11) is 1.67. The maximum Gasteiger partial charge on any atom is 0.220 e. The lowest BCUT2D eigenvalue weighted by Crippen LogP contribution is -2.27. The SMILES string of the molecule is CCCCC(=O)NCCn1ncc2c(NCCOC)nc(SCCC)nc21. The van der Waals surface area contributed by atoms with Gasteiger partial charge in [-0.15, -0.1) is 0 Å². The Balaban J connectivity index is 2.11. The van der Waals surface area contributed by atoms with Crippen molar-refractivity contribution in [3.8, 4) is 0 Å². The Hall–Kier alpha value is -1.87. The largest absolute Gasteiger partial charge is 0.383 e. The molecule has 0 atom stereocenters. The summed E-state index contributed by atoms with van der Waals surface area (Å²) in [5.41, 5.74) is 0.784. The van der Waals surface area contributed by atoms with Crippen LogP contribution in [0.2, 0.25) is 0 Å². The van der Waals surface area contributed by atoms with E-state index in [1.807, 2.05) is 4.68 Å². The molecule has 150 valence electrons. The van der Waals surface area contributed by atoms with Gasteiger partial charge < -0.3 is 15.4 Å². The van der Waals surface area contributed by atoms with Gasteiger partial charge in [0, 0.05) is 32.4 Å². The minimum Gasteiger partial charge on any atom is -0.383 e. The molecular weight excluding hydrogens is 364 g/mol. The second-order valence-corrected chi connectivity index (χ2v) is 7.24. The Morgan fingerprint density at radius 1 is 1.26 bits per heavy atom. The summed E-state index contributed by atoms with van der Waals surface area (Å²) in [5, 5.41) is 12.3. The van der Waals surface area contributed by atoms with Gasteiger partial charge in [0.25, 0.3) is 0 Å². The summed E-state index contributed by atoms with van der Waals surface area (Å²) in [6.07, 6.45) is 5.34. The number of ether oxygens (including phenoxy) is 1. The van der Waals surface area contributed by atoms with Gasteiger partial charge in [0.2, 0.25) is 5.91 Å². The molecule has 0 aliphatic rings. The first-order valence-electron chi connectivity index (χ1n) is 9.55. The highest BCUT2D eigenvalue weighted by molar-refractivity contribution is 7.99. The van der Waals surface area contributed by atoms with Crippen molar-refractivity contribution >= 4 is 34.5 Å². The van der Waals surface area contributed by atoms with Crippen LogP contribution in [0.25, 0.3) is 11.0 Å². The zero-order valence-electron chi connectivity index (χ0n) is 16.5. The molecule has 2 rings (SSSR count). The van der Waals surface area contributed by atoms with E-state index in [0.29, 0.717) is 32.7 Å². The quantitative estimate of drug-likeness (QED) is 0.306. The Morgan fingerprint density at radius 3 is 2.85 bits per heavy atom. The van der Waals surface area contributed by atoms with Gasteiger partial charge in [-0.3, -0.25) is 4.79 Å². The van der Waals surface area contributed by atoms with Gasteiger partial charge in [-0.05, 0) is 12.8 Å². The normalized spacial score (nSPS) is 11.1. The van der Waals surface area contributed by atoms with Crippen LogP contribution in [0.4, 0.5) is 5.82 Å². The van der Waals surface area contributed by atoms with Crippen LogP contribution in [-0.4, -0.2) is 58.2 Å². The number of hydrogen-bond donors (Lipinski definition) is 2. The molecule has 9 heteroatoms. The monoisotopic (exact) mass is 394 g/mol. The number of amides is 1. The number of carbonyl (C=O) groups excluding carboxylic acids is 1. The second-order valence-electron chi connectivity index (χ2n) is 6.18. The molecule has 2 N–H and O–H groups in total. The second kappa shape index (κ2) is 11.8. The number of nitrogens with one attached hydrogen (secondary N) is 2. The fourth-order valence-electron chi connectivity index (χ4n) is 2.49. The van der Waals surface area contributed by atoms with E-state index >= 15 is 0 Å². The molecule has 0 fully saturated rings. The van der Waals surface area contributed by atoms with Crippen LogP contribution in [0.15, 0.2) is 11.4 Å². The van der Waals surface area contributed by atoms with Crippen LogP contribution in [0, 0.1) is 0 Å². The van der Waals surface area contributed by atoms with Crippen LogP contribution in [0.3, 0.4) is 0 Å². The van der Waals surface area contributed by atoms with Gasteiger partial charge in [0.15, 0.2) is 10.8 Å². The number of hydrogen-bond acceptors (Lipinski definition) is 7. The molecule has 27 heavy (non-hydrogen) atoms. The molecule has 0 aromatic carbocycles. The van der Waals surface area contributed by atoms with Gasteiger partial charge in [-0.1, -0.05) is 32.0 Å². The predicted octanol–water partition coefficient (Wildman–Crippen LogP) is 2.69. The molecule has 8 nitrogen and oxygen atoms in total. The topological polar surface area (TPSA) is 94.0 Å². The third-order valence-electron chi connectivity index (χ3n) is 3.91. The van der Waals surface area contributed by atoms with Crippen LogP contribution >= 0.6 is 11.8 Å². The highest BCUT2D eigenvalue weighted by Gasteiger charge is 2.13. The van der Waals surface area contributed by atoms with Gasteiger partial charge in [0.05, 0.1) is 24.7 Å². The Labute approximate surface area is 164 Å². The maximum absolute atomic E-state index is 11.8. The van der Waals surface area contributed by atoms with Crippen molar-refractivity contribution in [2.75, 3.05) is 37.9 Å². The number of unbranched alkanes of at least 4 members (excludes halogenated alkanes) is 1. The van der Waals surface area contributed by atoms with E-state index in [1.165, 1.54) is 0 Å². The van der Waals surface area contributed by atoms with Crippen molar-refractivity contribution in [1.29, 1.82) is 0 Å². The molecule has 0 aliphatic carbocycles. The molecule has 0 radical (unpaired) electrons. The van der Waals surface area contributed by atoms with Crippen molar-refractivity contribution in [3.63, 3.8) is 0 Å². The number of aromatic nitrogens is 4. The van der Waals surface area contributed by atoms with E-state index in [2.05, 4.69) is 39.5 Å². The van der Waals surface area contributed by atoms with Crippen molar-refractivity contribution in [2.24, 2.45) is 0 Å². The highest BCUT2D eigenvalue weighted by Crippen LogP contribution is 2.24. The molecule has 0 saturated carbocycles. The fourth-order valence-corrected chi connectivity index (χ4v) is 3.18. The summed E-state index contributed by atoms with van der Waals surface area (Å²) in [6.45, 7) is 6.59. The molecule has 0 spiro atoms. The lowest BCUT2D eigenvalue weighted by atomic mass is 10.2. The van der Waals surface area contributed by atoms with E-state index in [9.17, 15) is 4.79 Å². The number of methoxy groups -OCH3 is 1. The number of anilines is 1. The standard InChI is InChI=1S/C18H30N6O2S/c1-4-6-7-15(25)19-8-10-24-17-14(13-21-24)16(20-9-11-26-3)22-18(23-17)27-12-5-2/h13H,4-12H2,1-3H3,(H,19,25)(H,20,22,23). The minimum atomic E-state index is 0.0871. The number of rotatable bonds is 13. The molecule has 0 unspecified atom stereocenters. The summed E-state index contributed by atoms with van der Waals surface area (Å²) in [5.74, 6) is 1.82. The zero-order chi connectivity index (χ0) is 19.5. The smallest absolute Gasteiger partial charge is 0.220 e. The van der Waals surface area contributed by atoms with E-state index in [-0.39, 0.29) is 5.91 Å². The molecule has 0 aliphatic heterocycles. The number of carbonyl (C=O) groups is 1. The summed E-state index contributed by atoms with van der Waals surface area (Å²) < 4.78 is 6.94. The van der Waals surface area contributed by atoms with E-state index in [4.69, 9.17) is 4.74 Å². The fraction of sp³-hybridized carbons (Fsp3) is 0.667. The Bertz CT molecular complexity index is 721. The summed E-state index contributed by atoms with van der Waals surface area (Å²) in [4.78, 5) is 21.1. The maximum atomic E-state index is 11.8. The third kappa shape index (κ3) is 6.66. The van der Waals surface area contributed by atoms with Crippen LogP contribution in [0.5, 0.6) is 0 Å². The van der Waals surface area contributed by atoms with E-state index < -0.39 is 0 Å². The van der Waals surface area contributed by atoms with Gasteiger partial charge in [-0.2, -0.15) is 5.10 Å². The lowest BCUT2D eigenvalue weighted by molar-refractivity contribution is -0.121. The van der Waals surface area contributed by atoms with Crippen molar-refractivity contribution in [3.05, 3.63) is 6.20 Å². The molecule has 1 amide bonds. The minimum absolute atomic E-state index is 0.0871. The average molecular weight is 395 g/mol. The Kier molecular flexibility index (Phi) is 9.34. The Morgan fingerprint density at radius 2 is 2.11 bits per heavy atom. The van der Waals surface area contributed by atoms with Crippen molar-refractivity contribution in [1.82, 2.24) is 25.1 Å². The predicted molar refractivity (Wildman–Crippen MR) is 109 cm³/mol.